The van der Waals surface area contributed by atoms with Gasteiger partial charge < -0.3 is 15.2 Å². The maximum Gasteiger partial charge on any atom is 0.253 e. The van der Waals surface area contributed by atoms with E-state index in [1.54, 1.807) is 0 Å². The summed E-state index contributed by atoms with van der Waals surface area (Å²) in [5.74, 6) is -1.18. The second kappa shape index (κ2) is 4.49. The lowest BCUT2D eigenvalue weighted by Gasteiger charge is -2.10. The fourth-order valence-corrected chi connectivity index (χ4v) is 1.60. The predicted octanol–water partition coefficient (Wildman–Crippen LogP) is 1.65. The smallest absolute Gasteiger partial charge is 0.253 e. The molecule has 2 rings (SSSR count). The summed E-state index contributed by atoms with van der Waals surface area (Å²) in [6.07, 6.45) is 1.01. The Labute approximate surface area is 92.0 Å². The molecule has 1 aliphatic rings. The van der Waals surface area contributed by atoms with Crippen molar-refractivity contribution in [1.29, 1.82) is 0 Å². The van der Waals surface area contributed by atoms with E-state index >= 15 is 0 Å². The number of hydrogen-bond donors (Lipinski definition) is 2. The van der Waals surface area contributed by atoms with Crippen LogP contribution in [0.3, 0.4) is 0 Å². The monoisotopic (exact) mass is 225 g/mol. The van der Waals surface area contributed by atoms with Gasteiger partial charge in [0.25, 0.3) is 5.91 Å². The van der Waals surface area contributed by atoms with Crippen LogP contribution in [0.25, 0.3) is 0 Å². The van der Waals surface area contributed by atoms with Gasteiger partial charge in [0.05, 0.1) is 5.69 Å². The summed E-state index contributed by atoms with van der Waals surface area (Å²) in [5.41, 5.74) is 0.0540. The molecule has 0 radical (unpaired) electrons. The molecule has 2 N–H and O–H groups in total. The normalized spacial score (nSPS) is 19.7. The van der Waals surface area contributed by atoms with E-state index in [-0.39, 0.29) is 17.3 Å². The zero-order valence-electron chi connectivity index (χ0n) is 8.57. The number of hydrogen-bond acceptors (Lipinski definition) is 3. The van der Waals surface area contributed by atoms with Crippen molar-refractivity contribution in [1.82, 2.24) is 0 Å². The van der Waals surface area contributed by atoms with Crippen LogP contribution in [-0.2, 0) is 9.53 Å². The zero-order valence-corrected chi connectivity index (χ0v) is 8.57. The molecule has 0 bridgehead atoms. The maximum absolute atomic E-state index is 13.3. The summed E-state index contributed by atoms with van der Waals surface area (Å²) < 4.78 is 18.4. The van der Waals surface area contributed by atoms with Crippen molar-refractivity contribution in [3.8, 4) is 5.75 Å². The number of amides is 1. The molecule has 1 unspecified atom stereocenters. The number of halogens is 1. The second-order valence-corrected chi connectivity index (χ2v) is 3.66. The minimum Gasteiger partial charge on any atom is -0.508 e. The highest BCUT2D eigenvalue weighted by Gasteiger charge is 2.24. The van der Waals surface area contributed by atoms with E-state index < -0.39 is 11.9 Å². The summed E-state index contributed by atoms with van der Waals surface area (Å²) in [7, 11) is 0. The highest BCUT2D eigenvalue weighted by Crippen LogP contribution is 2.21. The number of phenols is 1. The Morgan fingerprint density at radius 3 is 3.00 bits per heavy atom. The molecule has 5 heteroatoms. The van der Waals surface area contributed by atoms with Gasteiger partial charge in [0.2, 0.25) is 0 Å². The van der Waals surface area contributed by atoms with Gasteiger partial charge in [-0.25, -0.2) is 4.39 Å². The van der Waals surface area contributed by atoms with Crippen molar-refractivity contribution in [2.24, 2.45) is 0 Å². The van der Waals surface area contributed by atoms with Crippen LogP contribution in [0.1, 0.15) is 12.8 Å². The third-order valence-electron chi connectivity index (χ3n) is 2.43. The van der Waals surface area contributed by atoms with E-state index in [0.29, 0.717) is 13.0 Å². The molecule has 1 heterocycles. The number of anilines is 1. The minimum atomic E-state index is -0.661. The highest BCUT2D eigenvalue weighted by molar-refractivity contribution is 5.94. The van der Waals surface area contributed by atoms with Gasteiger partial charge in [0.1, 0.15) is 17.7 Å². The van der Waals surface area contributed by atoms with Gasteiger partial charge in [0.15, 0.2) is 0 Å². The Kier molecular flexibility index (Phi) is 3.05. The molecule has 1 atom stereocenters. The van der Waals surface area contributed by atoms with Crippen LogP contribution in [0.4, 0.5) is 10.1 Å². The number of nitrogens with one attached hydrogen (secondary N) is 1. The van der Waals surface area contributed by atoms with E-state index in [2.05, 4.69) is 5.32 Å². The van der Waals surface area contributed by atoms with Crippen LogP contribution in [-0.4, -0.2) is 23.7 Å². The number of ether oxygens (including phenoxy) is 1. The SMILES string of the molecule is O=C(Nc1ccc(O)cc1F)C1CCCO1. The molecular weight excluding hydrogens is 213 g/mol. The van der Waals surface area contributed by atoms with Crippen molar-refractivity contribution in [2.75, 3.05) is 11.9 Å². The lowest BCUT2D eigenvalue weighted by atomic mass is 10.2. The summed E-state index contributed by atoms with van der Waals surface area (Å²) in [6.45, 7) is 0.566. The van der Waals surface area contributed by atoms with Crippen LogP contribution in [0.5, 0.6) is 5.75 Å². The van der Waals surface area contributed by atoms with E-state index in [9.17, 15) is 9.18 Å². The Morgan fingerprint density at radius 1 is 1.56 bits per heavy atom. The molecule has 1 aliphatic heterocycles. The summed E-state index contributed by atoms with van der Waals surface area (Å²) in [5, 5.41) is 11.4. The molecule has 1 saturated heterocycles. The van der Waals surface area contributed by atoms with Gasteiger partial charge in [0, 0.05) is 12.7 Å². The van der Waals surface area contributed by atoms with Gasteiger partial charge in [-0.1, -0.05) is 0 Å². The summed E-state index contributed by atoms with van der Waals surface area (Å²) in [6, 6.07) is 3.58. The molecule has 86 valence electrons. The second-order valence-electron chi connectivity index (χ2n) is 3.66. The highest BCUT2D eigenvalue weighted by atomic mass is 19.1. The number of benzene rings is 1. The van der Waals surface area contributed by atoms with E-state index in [0.717, 1.165) is 12.5 Å². The van der Waals surface area contributed by atoms with Crippen LogP contribution in [0.2, 0.25) is 0 Å². The molecule has 0 aliphatic carbocycles. The number of carbonyl (C=O) groups excluding carboxylic acids is 1. The Hall–Kier alpha value is -1.62. The van der Waals surface area contributed by atoms with Gasteiger partial charge in [-0.3, -0.25) is 4.79 Å². The lowest BCUT2D eigenvalue weighted by Crippen LogP contribution is -2.27. The quantitative estimate of drug-likeness (QED) is 0.752. The average molecular weight is 225 g/mol. The molecule has 0 spiro atoms. The third kappa shape index (κ3) is 2.30. The lowest BCUT2D eigenvalue weighted by molar-refractivity contribution is -0.124. The van der Waals surface area contributed by atoms with Gasteiger partial charge >= 0.3 is 0 Å². The zero-order chi connectivity index (χ0) is 11.5. The molecule has 1 aromatic carbocycles. The average Bonchev–Trinajstić information content (AvgIpc) is 2.75. The first-order valence-corrected chi connectivity index (χ1v) is 5.08. The number of phenolic OH excluding ortho intramolecular Hbond substituents is 1. The fraction of sp³-hybridized carbons (Fsp3) is 0.364. The molecule has 0 saturated carbocycles. The van der Waals surface area contributed by atoms with Crippen molar-refractivity contribution < 1.29 is 19.0 Å². The molecule has 0 aromatic heterocycles. The Bertz CT molecular complexity index is 402. The summed E-state index contributed by atoms with van der Waals surface area (Å²) in [4.78, 5) is 11.6. The summed E-state index contributed by atoms with van der Waals surface area (Å²) >= 11 is 0. The predicted molar refractivity (Wildman–Crippen MR) is 55.7 cm³/mol. The maximum atomic E-state index is 13.3. The molecule has 1 aromatic rings. The van der Waals surface area contributed by atoms with Crippen LogP contribution in [0.15, 0.2) is 18.2 Å². The van der Waals surface area contributed by atoms with Gasteiger partial charge in [-0.05, 0) is 25.0 Å². The Balaban J connectivity index is 2.05. The van der Waals surface area contributed by atoms with Crippen molar-refractivity contribution in [3.05, 3.63) is 24.0 Å². The minimum absolute atomic E-state index is 0.0540. The van der Waals surface area contributed by atoms with Crippen molar-refractivity contribution in [2.45, 2.75) is 18.9 Å². The largest absolute Gasteiger partial charge is 0.508 e. The standard InChI is InChI=1S/C11H12FNO3/c12-8-6-7(14)3-4-9(8)13-11(15)10-2-1-5-16-10/h3-4,6,10,14H,1-2,5H2,(H,13,15). The van der Waals surface area contributed by atoms with Crippen LogP contribution >= 0.6 is 0 Å². The molecule has 1 amide bonds. The molecule has 1 fully saturated rings. The van der Waals surface area contributed by atoms with E-state index in [4.69, 9.17) is 9.84 Å². The topological polar surface area (TPSA) is 58.6 Å². The Morgan fingerprint density at radius 2 is 2.38 bits per heavy atom. The molecular formula is C11H12FNO3. The first-order valence-electron chi connectivity index (χ1n) is 5.08. The van der Waals surface area contributed by atoms with Crippen LogP contribution < -0.4 is 5.32 Å². The number of carbonyl (C=O) groups is 1. The van der Waals surface area contributed by atoms with E-state index in [1.807, 2.05) is 0 Å². The number of rotatable bonds is 2. The van der Waals surface area contributed by atoms with Crippen molar-refractivity contribution in [3.63, 3.8) is 0 Å². The van der Waals surface area contributed by atoms with Crippen LogP contribution in [0, 0.1) is 5.82 Å². The van der Waals surface area contributed by atoms with Gasteiger partial charge in [-0.15, -0.1) is 0 Å². The molecule has 16 heavy (non-hydrogen) atoms. The first kappa shape index (κ1) is 10.9. The van der Waals surface area contributed by atoms with Crippen molar-refractivity contribution >= 4 is 11.6 Å². The molecule has 4 nitrogen and oxygen atoms in total. The fourth-order valence-electron chi connectivity index (χ4n) is 1.60. The van der Waals surface area contributed by atoms with E-state index in [1.165, 1.54) is 12.1 Å². The number of aromatic hydroxyl groups is 1. The van der Waals surface area contributed by atoms with Gasteiger partial charge in [-0.2, -0.15) is 0 Å². The first-order chi connectivity index (χ1) is 7.66. The third-order valence-corrected chi connectivity index (χ3v) is 2.43.